The molecule has 3 rings (SSSR count). The second kappa shape index (κ2) is 10.4. The monoisotopic (exact) mass is 405 g/mol. The van der Waals surface area contributed by atoms with Gasteiger partial charge in [-0.25, -0.2) is 0 Å². The Kier molecular flexibility index (Phi) is 8.44. The molecule has 2 unspecified atom stereocenters. The first-order valence-corrected chi connectivity index (χ1v) is 11.3. The second-order valence-corrected chi connectivity index (χ2v) is 9.31. The van der Waals surface area contributed by atoms with E-state index in [2.05, 4.69) is 25.2 Å². The van der Waals surface area contributed by atoms with Gasteiger partial charge in [0.15, 0.2) is 0 Å². The van der Waals surface area contributed by atoms with Gasteiger partial charge in [0.25, 0.3) is 0 Å². The molecular weight excluding hydrogens is 370 g/mol. The molecule has 1 heterocycles. The Morgan fingerprint density at radius 1 is 1.32 bits per heavy atom. The highest BCUT2D eigenvalue weighted by atomic mass is 32.2. The zero-order valence-corrected chi connectivity index (χ0v) is 18.7. The Bertz CT molecular complexity index is 699. The van der Waals surface area contributed by atoms with Gasteiger partial charge in [-0.05, 0) is 54.7 Å². The molecule has 1 aromatic carbocycles. The largest absolute Gasteiger partial charge is 0.492 e. The lowest BCUT2D eigenvalue weighted by atomic mass is 9.72. The molecule has 0 amide bonds. The maximum absolute atomic E-state index is 12.0. The van der Waals surface area contributed by atoms with Crippen LogP contribution in [0.5, 0.6) is 5.75 Å². The highest BCUT2D eigenvalue weighted by Gasteiger charge is 2.40. The van der Waals surface area contributed by atoms with E-state index in [0.717, 1.165) is 37.1 Å². The third kappa shape index (κ3) is 5.54. The third-order valence-corrected chi connectivity index (χ3v) is 6.87. The predicted octanol–water partition coefficient (Wildman–Crippen LogP) is 5.65. The molecule has 156 valence electrons. The van der Waals surface area contributed by atoms with Crippen LogP contribution in [-0.2, 0) is 4.79 Å². The average molecular weight is 406 g/mol. The number of hydrogen-bond acceptors (Lipinski definition) is 4. The smallest absolute Gasteiger partial charge is 0.310 e. The number of benzene rings is 1. The lowest BCUT2D eigenvalue weighted by Crippen LogP contribution is -2.29. The van der Waals surface area contributed by atoms with Crippen LogP contribution in [0, 0.1) is 11.3 Å². The summed E-state index contributed by atoms with van der Waals surface area (Å²) in [6.45, 7) is 9.89. The van der Waals surface area contributed by atoms with Crippen molar-refractivity contribution in [1.29, 1.82) is 0 Å². The van der Waals surface area contributed by atoms with Crippen molar-refractivity contribution in [2.24, 2.45) is 11.3 Å². The topological polar surface area (TPSA) is 58.6 Å². The number of hydrogen-bond donors (Lipinski definition) is 2. The first-order chi connectivity index (χ1) is 13.4. The molecule has 2 aliphatic rings. The first-order valence-electron chi connectivity index (χ1n) is 10.4. The van der Waals surface area contributed by atoms with E-state index in [-0.39, 0.29) is 16.6 Å². The van der Waals surface area contributed by atoms with Crippen LogP contribution in [-0.4, -0.2) is 31.3 Å². The Labute approximate surface area is 174 Å². The van der Waals surface area contributed by atoms with Gasteiger partial charge in [0.1, 0.15) is 12.4 Å². The highest BCUT2D eigenvalue weighted by molar-refractivity contribution is 8.03. The molecule has 0 radical (unpaired) electrons. The molecule has 0 spiro atoms. The molecule has 28 heavy (non-hydrogen) atoms. The average Bonchev–Trinajstić information content (AvgIpc) is 2.68. The van der Waals surface area contributed by atoms with E-state index in [4.69, 9.17) is 4.74 Å². The number of carbonyl (C=O) groups is 1. The van der Waals surface area contributed by atoms with Crippen molar-refractivity contribution in [2.75, 3.05) is 20.2 Å². The number of carboxylic acids is 1. The van der Waals surface area contributed by atoms with E-state index in [9.17, 15) is 9.90 Å². The van der Waals surface area contributed by atoms with E-state index in [1.807, 2.05) is 50.9 Å². The van der Waals surface area contributed by atoms with Crippen LogP contribution in [0.25, 0.3) is 0 Å². The van der Waals surface area contributed by atoms with E-state index in [0.29, 0.717) is 13.0 Å². The normalized spacial score (nSPS) is 23.3. The van der Waals surface area contributed by atoms with Gasteiger partial charge in [-0.3, -0.25) is 4.79 Å². The predicted molar refractivity (Wildman–Crippen MR) is 118 cm³/mol. The lowest BCUT2D eigenvalue weighted by Gasteiger charge is -2.40. The molecule has 1 aliphatic carbocycles. The van der Waals surface area contributed by atoms with E-state index in [1.165, 1.54) is 10.5 Å². The van der Waals surface area contributed by atoms with Crippen molar-refractivity contribution in [3.63, 3.8) is 0 Å². The Morgan fingerprint density at radius 2 is 2.04 bits per heavy atom. The van der Waals surface area contributed by atoms with Crippen LogP contribution in [0.3, 0.4) is 0 Å². The third-order valence-electron chi connectivity index (χ3n) is 5.38. The molecule has 0 saturated heterocycles. The van der Waals surface area contributed by atoms with Crippen LogP contribution in [0.4, 0.5) is 0 Å². The lowest BCUT2D eigenvalue weighted by molar-refractivity contribution is -0.140. The molecule has 1 aromatic rings. The maximum atomic E-state index is 12.0. The number of ether oxygens (including phenoxy) is 1. The molecule has 4 nitrogen and oxygen atoms in total. The zero-order chi connectivity index (χ0) is 20.7. The van der Waals surface area contributed by atoms with Crippen molar-refractivity contribution in [3.8, 4) is 5.75 Å². The number of allylic oxidation sites excluding steroid dienone is 1. The van der Waals surface area contributed by atoms with Crippen LogP contribution < -0.4 is 10.1 Å². The minimum absolute atomic E-state index is 0.141. The molecule has 5 heteroatoms. The molecule has 0 fully saturated rings. The number of rotatable bonds is 6. The Balaban J connectivity index is 0.00000136. The Hall–Kier alpha value is -1.46. The summed E-state index contributed by atoms with van der Waals surface area (Å²) in [5.74, 6) is -0.181. The van der Waals surface area contributed by atoms with Crippen molar-refractivity contribution >= 4 is 17.7 Å². The molecular formula is C23H35NO3S. The van der Waals surface area contributed by atoms with Crippen LogP contribution >= 0.6 is 11.8 Å². The van der Waals surface area contributed by atoms with Gasteiger partial charge >= 0.3 is 5.97 Å². The van der Waals surface area contributed by atoms with Gasteiger partial charge < -0.3 is 15.2 Å². The van der Waals surface area contributed by atoms with E-state index >= 15 is 0 Å². The number of para-hydroxylation sites is 1. The summed E-state index contributed by atoms with van der Waals surface area (Å²) in [7, 11) is 1.91. The van der Waals surface area contributed by atoms with Gasteiger partial charge in [0, 0.05) is 17.4 Å². The minimum atomic E-state index is -0.686. The number of likely N-dealkylation sites (N-methyl/N-ethyl adjacent to an activating group) is 1. The van der Waals surface area contributed by atoms with Gasteiger partial charge in [-0.2, -0.15) is 0 Å². The van der Waals surface area contributed by atoms with Gasteiger partial charge in [0.2, 0.25) is 0 Å². The molecule has 2 N–H and O–H groups in total. The summed E-state index contributed by atoms with van der Waals surface area (Å²) in [5, 5.41) is 13.1. The fourth-order valence-electron chi connectivity index (χ4n) is 3.92. The van der Waals surface area contributed by atoms with E-state index in [1.54, 1.807) is 0 Å². The van der Waals surface area contributed by atoms with Crippen LogP contribution in [0.15, 0.2) is 34.7 Å². The number of aliphatic carboxylic acids is 1. The van der Waals surface area contributed by atoms with Gasteiger partial charge in [-0.1, -0.05) is 45.9 Å². The molecule has 1 aliphatic heterocycles. The summed E-state index contributed by atoms with van der Waals surface area (Å²) < 4.78 is 5.96. The fraction of sp³-hybridized carbons (Fsp3) is 0.609. The standard InChI is InChI=1S/C21H29NO3S.C2H6/c1-21(2)9-8-18-16(13-21)15(20(23)24)12-19(26-18)14-6-4-5-7-17(14)25-11-10-22-3;1-2/h4-7,15,19,22H,8-13H2,1-3H3,(H,23,24);1-2H3. The number of nitrogens with one attached hydrogen (secondary N) is 1. The maximum Gasteiger partial charge on any atom is 0.310 e. The quantitative estimate of drug-likeness (QED) is 0.599. The van der Waals surface area contributed by atoms with Gasteiger partial charge in [0.05, 0.1) is 5.92 Å². The first kappa shape index (κ1) is 22.8. The van der Waals surface area contributed by atoms with Crippen molar-refractivity contribution in [3.05, 3.63) is 40.3 Å². The number of thioether (sulfide) groups is 1. The number of carboxylic acid groups (broad SMARTS) is 1. The van der Waals surface area contributed by atoms with Crippen LogP contribution in [0.1, 0.15) is 64.2 Å². The fourth-order valence-corrected chi connectivity index (χ4v) is 5.46. The molecule has 0 saturated carbocycles. The van der Waals surface area contributed by atoms with Crippen LogP contribution in [0.2, 0.25) is 0 Å². The zero-order valence-electron chi connectivity index (χ0n) is 17.9. The summed E-state index contributed by atoms with van der Waals surface area (Å²) in [6, 6.07) is 8.08. The summed E-state index contributed by atoms with van der Waals surface area (Å²) in [5.41, 5.74) is 2.49. The summed E-state index contributed by atoms with van der Waals surface area (Å²) >= 11 is 1.86. The Morgan fingerprint density at radius 3 is 2.71 bits per heavy atom. The minimum Gasteiger partial charge on any atom is -0.492 e. The molecule has 0 bridgehead atoms. The van der Waals surface area contributed by atoms with E-state index < -0.39 is 5.97 Å². The van der Waals surface area contributed by atoms with Gasteiger partial charge in [-0.15, -0.1) is 11.8 Å². The van der Waals surface area contributed by atoms with Crippen molar-refractivity contribution in [2.45, 2.75) is 58.6 Å². The summed E-state index contributed by atoms with van der Waals surface area (Å²) in [6.07, 6.45) is 3.66. The second-order valence-electron chi connectivity index (χ2n) is 8.01. The summed E-state index contributed by atoms with van der Waals surface area (Å²) in [4.78, 5) is 13.3. The molecule has 2 atom stereocenters. The van der Waals surface area contributed by atoms with Crippen molar-refractivity contribution < 1.29 is 14.6 Å². The highest BCUT2D eigenvalue weighted by Crippen LogP contribution is 2.56. The SMILES string of the molecule is CC.CNCCOc1ccccc1C1CC(C(=O)O)C2=C(CCC(C)(C)C2)S1. The van der Waals surface area contributed by atoms with Crippen molar-refractivity contribution in [1.82, 2.24) is 5.32 Å². The molecule has 0 aromatic heterocycles.